The number of aliphatic hydroxyl groups is 3. The summed E-state index contributed by atoms with van der Waals surface area (Å²) in [5, 5.41) is 47.3. The Bertz CT molecular complexity index is 1560. The Morgan fingerprint density at radius 2 is 1.80 bits per heavy atom. The molecule has 216 valence electrons. The monoisotopic (exact) mass is 564 g/mol. The van der Waals surface area contributed by atoms with Crippen LogP contribution in [0, 0.1) is 11.8 Å². The molecule has 0 saturated heterocycles. The van der Waals surface area contributed by atoms with E-state index in [0.717, 1.165) is 0 Å². The number of nitrogens with two attached hydrogens (primary N) is 1. The molecule has 0 bridgehead atoms. The van der Waals surface area contributed by atoms with Crippen LogP contribution in [0.1, 0.15) is 31.9 Å². The van der Waals surface area contributed by atoms with Gasteiger partial charge in [0, 0.05) is 30.2 Å². The molecule has 5 rings (SSSR count). The van der Waals surface area contributed by atoms with Gasteiger partial charge in [0.1, 0.15) is 28.7 Å². The van der Waals surface area contributed by atoms with E-state index >= 15 is 0 Å². The van der Waals surface area contributed by atoms with Crippen molar-refractivity contribution >= 4 is 35.0 Å². The summed E-state index contributed by atoms with van der Waals surface area (Å²) in [6.45, 7) is 1.36. The van der Waals surface area contributed by atoms with Gasteiger partial charge < -0.3 is 31.5 Å². The first-order chi connectivity index (χ1) is 18.8. The number of amides is 2. The standard InChI is InChI=1S/C28H28N4O8.CH4/c1-11(33)31-18-7-4-12(10-30-18)14-5-6-17(34)20-15(14)8-13-9-16-22(32(2)3)24(36)21(27(29)39)26(38)28(16,40)25(37)19(13)23(20)35;/h4-7,10,13,16,22,34-35,38,40H,8-9H2,1-3H3,(H2,29,39)(H,30,31,33);1H4/t13-,16-,22-,28-;/m0./s1. The molecule has 1 aromatic carbocycles. The Kier molecular flexibility index (Phi) is 7.27. The zero-order chi connectivity index (χ0) is 29.3. The van der Waals surface area contributed by atoms with Crippen molar-refractivity contribution in [3.05, 3.63) is 58.5 Å². The number of phenolic OH excluding ortho intramolecular Hbond substituents is 1. The highest BCUT2D eigenvalue weighted by molar-refractivity contribution is 6.24. The number of aromatic hydroxyl groups is 1. The maximum atomic E-state index is 13.9. The molecule has 2 amide bonds. The third-order valence-electron chi connectivity index (χ3n) is 7.98. The van der Waals surface area contributed by atoms with Crippen molar-refractivity contribution in [1.29, 1.82) is 0 Å². The second-order valence-electron chi connectivity index (χ2n) is 10.6. The maximum Gasteiger partial charge on any atom is 0.255 e. The lowest BCUT2D eigenvalue weighted by molar-refractivity contribution is -0.153. The molecule has 1 aromatic heterocycles. The number of benzene rings is 1. The summed E-state index contributed by atoms with van der Waals surface area (Å²) >= 11 is 0. The molecular weight excluding hydrogens is 532 g/mol. The molecule has 0 aliphatic heterocycles. The number of primary amides is 1. The fourth-order valence-corrected chi connectivity index (χ4v) is 6.32. The Labute approximate surface area is 235 Å². The van der Waals surface area contributed by atoms with Crippen LogP contribution in [0.5, 0.6) is 5.75 Å². The number of nitrogens with zero attached hydrogens (tertiary/aromatic N) is 2. The number of anilines is 1. The van der Waals surface area contributed by atoms with Crippen molar-refractivity contribution in [2.75, 3.05) is 19.4 Å². The molecule has 12 heteroatoms. The predicted octanol–water partition coefficient (Wildman–Crippen LogP) is 1.62. The van der Waals surface area contributed by atoms with Gasteiger partial charge in [0.05, 0.1) is 11.6 Å². The van der Waals surface area contributed by atoms with Crippen molar-refractivity contribution in [1.82, 2.24) is 9.88 Å². The smallest absolute Gasteiger partial charge is 0.255 e. The number of ketones is 2. The van der Waals surface area contributed by atoms with Gasteiger partial charge in [-0.25, -0.2) is 4.98 Å². The number of likely N-dealkylation sites (N-methyl/N-ethyl adjacent to an activating group) is 1. The number of fused-ring (bicyclic) bond motifs is 3. The van der Waals surface area contributed by atoms with Crippen LogP contribution in [0.4, 0.5) is 5.82 Å². The SMILES string of the molecule is C.CC(=O)Nc1ccc(-c2ccc(O)c3c2C[C@H]2C[C@H]4[C@H](N(C)C)C(=O)C(C(N)=O)=C(O)[C@@]4(O)C(=O)C2=C3O)cn1. The number of nitrogens with one attached hydrogen (secondary N) is 1. The van der Waals surface area contributed by atoms with Gasteiger partial charge in [-0.15, -0.1) is 0 Å². The minimum atomic E-state index is -2.69. The minimum Gasteiger partial charge on any atom is -0.508 e. The van der Waals surface area contributed by atoms with Crippen molar-refractivity contribution < 1.29 is 39.6 Å². The summed E-state index contributed by atoms with van der Waals surface area (Å²) in [5.41, 5.74) is 3.29. The lowest BCUT2D eigenvalue weighted by Gasteiger charge is -2.50. The fraction of sp³-hybridized carbons (Fsp3) is 0.345. The quantitative estimate of drug-likeness (QED) is 0.296. The zero-order valence-electron chi connectivity index (χ0n) is 21.9. The molecule has 1 heterocycles. The van der Waals surface area contributed by atoms with Gasteiger partial charge in [-0.05, 0) is 62.2 Å². The van der Waals surface area contributed by atoms with Gasteiger partial charge in [-0.2, -0.15) is 0 Å². The van der Waals surface area contributed by atoms with Crippen LogP contribution < -0.4 is 11.1 Å². The molecular formula is C29H32N4O8. The van der Waals surface area contributed by atoms with E-state index in [0.29, 0.717) is 22.5 Å². The lowest BCUT2D eigenvalue weighted by atomic mass is 9.57. The van der Waals surface area contributed by atoms with Crippen LogP contribution >= 0.6 is 0 Å². The number of pyridine rings is 1. The van der Waals surface area contributed by atoms with E-state index in [-0.39, 0.29) is 43.1 Å². The van der Waals surface area contributed by atoms with E-state index in [2.05, 4.69) is 10.3 Å². The lowest BCUT2D eigenvalue weighted by Crippen LogP contribution is -2.65. The number of aromatic nitrogens is 1. The highest BCUT2D eigenvalue weighted by Gasteiger charge is 2.64. The number of carbonyl (C=O) groups excluding carboxylic acids is 4. The molecule has 7 N–H and O–H groups in total. The van der Waals surface area contributed by atoms with Crippen LogP contribution in [0.2, 0.25) is 0 Å². The van der Waals surface area contributed by atoms with Gasteiger partial charge in [-0.3, -0.25) is 24.1 Å². The van der Waals surface area contributed by atoms with Gasteiger partial charge >= 0.3 is 0 Å². The van der Waals surface area contributed by atoms with Crippen molar-refractivity contribution in [2.24, 2.45) is 17.6 Å². The fourth-order valence-electron chi connectivity index (χ4n) is 6.32. The van der Waals surface area contributed by atoms with Crippen LogP contribution in [0.3, 0.4) is 0 Å². The van der Waals surface area contributed by atoms with E-state index in [4.69, 9.17) is 5.73 Å². The predicted molar refractivity (Wildman–Crippen MR) is 149 cm³/mol. The third-order valence-corrected chi connectivity index (χ3v) is 7.98. The second kappa shape index (κ2) is 10.1. The number of aliphatic hydroxyl groups excluding tert-OH is 2. The summed E-state index contributed by atoms with van der Waals surface area (Å²) in [6.07, 6.45) is 1.65. The summed E-state index contributed by atoms with van der Waals surface area (Å²) in [6, 6.07) is 5.14. The maximum absolute atomic E-state index is 13.9. The number of phenols is 1. The molecule has 12 nitrogen and oxygen atoms in total. The van der Waals surface area contributed by atoms with Crippen LogP contribution in [0.25, 0.3) is 16.9 Å². The summed E-state index contributed by atoms with van der Waals surface area (Å²) < 4.78 is 0. The van der Waals surface area contributed by atoms with Gasteiger partial charge in [0.25, 0.3) is 5.91 Å². The molecule has 41 heavy (non-hydrogen) atoms. The average Bonchev–Trinajstić information content (AvgIpc) is 2.86. The molecule has 4 atom stereocenters. The van der Waals surface area contributed by atoms with Crippen molar-refractivity contribution in [3.63, 3.8) is 0 Å². The highest BCUT2D eigenvalue weighted by atomic mass is 16.3. The first kappa shape index (κ1) is 29.4. The zero-order valence-corrected chi connectivity index (χ0v) is 21.9. The molecule has 0 unspecified atom stereocenters. The van der Waals surface area contributed by atoms with Gasteiger partial charge in [-0.1, -0.05) is 13.5 Å². The second-order valence-corrected chi connectivity index (χ2v) is 10.6. The highest BCUT2D eigenvalue weighted by Crippen LogP contribution is 2.53. The van der Waals surface area contributed by atoms with Crippen molar-refractivity contribution in [3.8, 4) is 16.9 Å². The number of hydrogen-bond donors (Lipinski definition) is 6. The summed E-state index contributed by atoms with van der Waals surface area (Å²) in [7, 11) is 3.09. The molecule has 1 fully saturated rings. The number of Topliss-reactive ketones (excluding diaryl/α,β-unsaturated/α-hetero) is 2. The molecule has 1 saturated carbocycles. The van der Waals surface area contributed by atoms with Crippen LogP contribution in [0.15, 0.2) is 47.4 Å². The van der Waals surface area contributed by atoms with E-state index in [9.17, 15) is 39.6 Å². The van der Waals surface area contributed by atoms with E-state index in [1.54, 1.807) is 32.3 Å². The molecule has 2 aromatic rings. The summed E-state index contributed by atoms with van der Waals surface area (Å²) in [5.74, 6) is -6.99. The Hall–Kier alpha value is -4.55. The van der Waals surface area contributed by atoms with E-state index in [1.165, 1.54) is 24.1 Å². The number of hydrogen-bond acceptors (Lipinski definition) is 10. The first-order valence-electron chi connectivity index (χ1n) is 12.5. The number of carbonyl (C=O) groups is 4. The largest absolute Gasteiger partial charge is 0.508 e. The Morgan fingerprint density at radius 1 is 1.12 bits per heavy atom. The molecule has 0 radical (unpaired) electrons. The molecule has 3 aliphatic carbocycles. The Morgan fingerprint density at radius 3 is 2.37 bits per heavy atom. The van der Waals surface area contributed by atoms with E-state index in [1.807, 2.05) is 0 Å². The topological polar surface area (TPSA) is 203 Å². The van der Waals surface area contributed by atoms with Crippen molar-refractivity contribution in [2.45, 2.75) is 38.8 Å². The minimum absolute atomic E-state index is 0. The van der Waals surface area contributed by atoms with Crippen LogP contribution in [-0.2, 0) is 25.6 Å². The Balaban J connectivity index is 0.00000387. The van der Waals surface area contributed by atoms with Crippen LogP contribution in [-0.4, -0.2) is 79.4 Å². The first-order valence-corrected chi connectivity index (χ1v) is 12.5. The van der Waals surface area contributed by atoms with Gasteiger partial charge in [0.2, 0.25) is 11.7 Å². The average molecular weight is 565 g/mol. The van der Waals surface area contributed by atoms with E-state index < -0.39 is 58.0 Å². The molecule has 3 aliphatic rings. The third kappa shape index (κ3) is 4.26. The normalized spacial score (nSPS) is 25.2. The molecule has 0 spiro atoms. The van der Waals surface area contributed by atoms with Gasteiger partial charge in [0.15, 0.2) is 11.4 Å². The summed E-state index contributed by atoms with van der Waals surface area (Å²) in [4.78, 5) is 56.3. The number of rotatable bonds is 4.